The maximum atomic E-state index is 12.6. The lowest BCUT2D eigenvalue weighted by atomic mass is 9.80. The number of amides is 1. The Labute approximate surface area is 188 Å². The van der Waals surface area contributed by atoms with E-state index in [1.54, 1.807) is 25.5 Å². The summed E-state index contributed by atoms with van der Waals surface area (Å²) in [6.07, 6.45) is 2.62. The third-order valence-electron chi connectivity index (χ3n) is 6.46. The van der Waals surface area contributed by atoms with Crippen molar-refractivity contribution >= 4 is 28.6 Å². The number of hydrogen-bond donors (Lipinski definition) is 2. The summed E-state index contributed by atoms with van der Waals surface area (Å²) < 4.78 is 5.60. The Hall–Kier alpha value is -3.54. The number of benzene rings is 3. The van der Waals surface area contributed by atoms with Gasteiger partial charge in [0.05, 0.1) is 18.9 Å². The summed E-state index contributed by atoms with van der Waals surface area (Å²) in [6, 6.07) is 14.9. The Morgan fingerprint density at radius 2 is 1.91 bits per heavy atom. The predicted octanol–water partition coefficient (Wildman–Crippen LogP) is 5.04. The second kappa shape index (κ2) is 8.19. The number of nitrogens with zero attached hydrogens (tertiary/aromatic N) is 2. The van der Waals surface area contributed by atoms with Crippen molar-refractivity contribution in [3.63, 3.8) is 0 Å². The first-order valence-electron chi connectivity index (χ1n) is 10.7. The number of fused-ring (bicyclic) bond motifs is 2. The van der Waals surface area contributed by atoms with E-state index in [2.05, 4.69) is 49.3 Å². The summed E-state index contributed by atoms with van der Waals surface area (Å²) in [6.45, 7) is 6.71. The fourth-order valence-electron chi connectivity index (χ4n) is 4.52. The number of carbonyl (C=O) groups excluding carboxylic acids is 1. The van der Waals surface area contributed by atoms with E-state index in [4.69, 9.17) is 4.74 Å². The lowest BCUT2D eigenvalue weighted by molar-refractivity contribution is 0.0952. The first-order chi connectivity index (χ1) is 15.2. The number of aromatic hydroxyl groups is 1. The minimum Gasteiger partial charge on any atom is -0.507 e. The molecule has 1 amide bonds. The summed E-state index contributed by atoms with van der Waals surface area (Å²) in [4.78, 5) is 14.9. The Morgan fingerprint density at radius 3 is 2.59 bits per heavy atom. The quantitative estimate of drug-likeness (QED) is 0.448. The van der Waals surface area contributed by atoms with Crippen molar-refractivity contribution in [3.05, 3.63) is 65.2 Å². The molecule has 6 nitrogen and oxygen atoms in total. The predicted molar refractivity (Wildman–Crippen MR) is 129 cm³/mol. The molecule has 1 unspecified atom stereocenters. The molecule has 0 bridgehead atoms. The molecule has 3 aromatic carbocycles. The van der Waals surface area contributed by atoms with E-state index in [0.717, 1.165) is 28.4 Å². The summed E-state index contributed by atoms with van der Waals surface area (Å²) in [5.74, 6) is 0.518. The molecule has 0 radical (unpaired) electrons. The van der Waals surface area contributed by atoms with Crippen molar-refractivity contribution in [3.8, 4) is 11.5 Å². The zero-order chi connectivity index (χ0) is 23.0. The van der Waals surface area contributed by atoms with Crippen LogP contribution >= 0.6 is 0 Å². The molecule has 1 heterocycles. The minimum absolute atomic E-state index is 0.0584. The summed E-state index contributed by atoms with van der Waals surface area (Å²) in [5.41, 5.74) is 5.92. The second-order valence-corrected chi connectivity index (χ2v) is 9.05. The van der Waals surface area contributed by atoms with Gasteiger partial charge in [0.15, 0.2) is 0 Å². The van der Waals surface area contributed by atoms with Gasteiger partial charge in [-0.05, 0) is 60.7 Å². The van der Waals surface area contributed by atoms with Crippen LogP contribution in [0.2, 0.25) is 0 Å². The molecule has 1 aliphatic heterocycles. The molecule has 0 spiro atoms. The van der Waals surface area contributed by atoms with Crippen molar-refractivity contribution in [2.75, 3.05) is 19.1 Å². The van der Waals surface area contributed by atoms with Gasteiger partial charge < -0.3 is 14.7 Å². The number of phenolic OH excluding ortho intramolecular Hbond substituents is 1. The molecule has 4 rings (SSSR count). The van der Waals surface area contributed by atoms with Crippen molar-refractivity contribution < 1.29 is 14.6 Å². The molecule has 32 heavy (non-hydrogen) atoms. The number of hydrazone groups is 1. The molecule has 0 aromatic heterocycles. The molecule has 0 fully saturated rings. The highest BCUT2D eigenvalue weighted by molar-refractivity contribution is 6.01. The van der Waals surface area contributed by atoms with Crippen LogP contribution in [-0.2, 0) is 0 Å². The molecule has 1 atom stereocenters. The number of hydrogen-bond acceptors (Lipinski definition) is 5. The van der Waals surface area contributed by atoms with Crippen LogP contribution in [0.25, 0.3) is 10.8 Å². The van der Waals surface area contributed by atoms with Crippen molar-refractivity contribution in [1.29, 1.82) is 0 Å². The van der Waals surface area contributed by atoms with Gasteiger partial charge in [-0.15, -0.1) is 0 Å². The lowest BCUT2D eigenvalue weighted by Gasteiger charge is -2.45. The zero-order valence-corrected chi connectivity index (χ0v) is 19.1. The van der Waals surface area contributed by atoms with Crippen LogP contribution in [0.5, 0.6) is 11.5 Å². The molecular formula is C26H29N3O3. The van der Waals surface area contributed by atoms with Gasteiger partial charge in [0.1, 0.15) is 11.5 Å². The van der Waals surface area contributed by atoms with Crippen molar-refractivity contribution in [2.45, 2.75) is 38.6 Å². The van der Waals surface area contributed by atoms with E-state index in [1.807, 2.05) is 30.3 Å². The summed E-state index contributed by atoms with van der Waals surface area (Å²) in [5, 5.41) is 16.1. The maximum absolute atomic E-state index is 12.6. The molecular weight excluding hydrogens is 402 g/mol. The van der Waals surface area contributed by atoms with Gasteiger partial charge in [-0.25, -0.2) is 5.43 Å². The summed E-state index contributed by atoms with van der Waals surface area (Å²) in [7, 11) is 3.73. The lowest BCUT2D eigenvalue weighted by Crippen LogP contribution is -2.45. The van der Waals surface area contributed by atoms with Gasteiger partial charge in [-0.2, -0.15) is 5.10 Å². The molecule has 0 saturated heterocycles. The van der Waals surface area contributed by atoms with Gasteiger partial charge in [0.25, 0.3) is 5.91 Å². The highest BCUT2D eigenvalue weighted by atomic mass is 16.5. The largest absolute Gasteiger partial charge is 0.507 e. The first-order valence-corrected chi connectivity index (χ1v) is 10.7. The molecule has 1 aliphatic rings. The van der Waals surface area contributed by atoms with E-state index in [1.165, 1.54) is 5.56 Å². The van der Waals surface area contributed by atoms with Crippen LogP contribution in [0.1, 0.15) is 54.6 Å². The topological polar surface area (TPSA) is 74.2 Å². The number of carbonyl (C=O) groups is 1. The number of nitrogens with one attached hydrogen (secondary N) is 1. The van der Waals surface area contributed by atoms with Gasteiger partial charge in [-0.3, -0.25) is 4.79 Å². The highest BCUT2D eigenvalue weighted by Gasteiger charge is 2.34. The number of ether oxygens (including phenoxy) is 1. The van der Waals surface area contributed by atoms with Gasteiger partial charge in [-0.1, -0.05) is 31.2 Å². The number of methoxy groups -OCH3 is 1. The van der Waals surface area contributed by atoms with Gasteiger partial charge in [0.2, 0.25) is 0 Å². The number of anilines is 1. The number of phenols is 1. The Bertz CT molecular complexity index is 1220. The average Bonchev–Trinajstić information content (AvgIpc) is 2.76. The molecule has 2 N–H and O–H groups in total. The Kier molecular flexibility index (Phi) is 5.55. The van der Waals surface area contributed by atoms with Crippen LogP contribution < -0.4 is 15.1 Å². The molecule has 3 aromatic rings. The highest BCUT2D eigenvalue weighted by Crippen LogP contribution is 2.44. The van der Waals surface area contributed by atoms with Crippen molar-refractivity contribution in [2.24, 2.45) is 5.10 Å². The maximum Gasteiger partial charge on any atom is 0.275 e. The van der Waals surface area contributed by atoms with E-state index >= 15 is 0 Å². The van der Waals surface area contributed by atoms with E-state index < -0.39 is 5.91 Å². The van der Waals surface area contributed by atoms with Crippen LogP contribution in [0.15, 0.2) is 53.6 Å². The fourth-order valence-corrected chi connectivity index (χ4v) is 4.52. The molecule has 166 valence electrons. The third kappa shape index (κ3) is 3.88. The SMILES string of the molecule is COc1cc2c(cc1/C=N\NC(=O)c1cc3ccccc3cc1O)C(C)CC(C)(C)N2C. The third-order valence-corrected chi connectivity index (χ3v) is 6.46. The van der Waals surface area contributed by atoms with Crippen LogP contribution in [0, 0.1) is 0 Å². The fraction of sp³-hybridized carbons (Fsp3) is 0.308. The molecule has 0 aliphatic carbocycles. The molecule has 0 saturated carbocycles. The Morgan fingerprint density at radius 1 is 1.22 bits per heavy atom. The standard InChI is InChI=1S/C26H29N3O3/c1-16-14-26(2,3)29(4)22-13-24(32-5)19(11-20(16)22)15-27-28-25(31)21-10-17-8-6-7-9-18(17)12-23(21)30/h6-13,15-16,30H,14H2,1-5H3,(H,28,31)/b27-15-. The minimum atomic E-state index is -0.476. The van der Waals surface area contributed by atoms with E-state index in [-0.39, 0.29) is 16.9 Å². The zero-order valence-electron chi connectivity index (χ0n) is 19.1. The Balaban J connectivity index is 1.59. The van der Waals surface area contributed by atoms with Gasteiger partial charge >= 0.3 is 0 Å². The van der Waals surface area contributed by atoms with Crippen LogP contribution in [-0.4, -0.2) is 36.9 Å². The molecule has 6 heteroatoms. The second-order valence-electron chi connectivity index (χ2n) is 9.05. The smallest absolute Gasteiger partial charge is 0.275 e. The van der Waals surface area contributed by atoms with Crippen LogP contribution in [0.4, 0.5) is 5.69 Å². The van der Waals surface area contributed by atoms with E-state index in [9.17, 15) is 9.90 Å². The van der Waals surface area contributed by atoms with Crippen molar-refractivity contribution in [1.82, 2.24) is 5.43 Å². The monoisotopic (exact) mass is 431 g/mol. The van der Waals surface area contributed by atoms with Gasteiger partial charge in [0, 0.05) is 29.9 Å². The normalized spacial score (nSPS) is 17.4. The van der Waals surface area contributed by atoms with E-state index in [0.29, 0.717) is 11.7 Å². The first kappa shape index (κ1) is 21.7. The average molecular weight is 432 g/mol. The summed E-state index contributed by atoms with van der Waals surface area (Å²) >= 11 is 0. The number of rotatable bonds is 4. The van der Waals surface area contributed by atoms with Crippen LogP contribution in [0.3, 0.4) is 0 Å².